The standard InChI is InChI=1S/C8H12BrNO.C6H11N.C2H2Br2O.CH4/c1-3-5-10(6-4-2)8(11)7-9;1-3-5-7-6-4-2;3-1-2(4)5;/h3-4H,1-2,5-7H2;3-4,7H,1-2,5-6H2;1H2;1H4. The monoisotopic (exact) mass is 530 g/mol. The van der Waals surface area contributed by atoms with Gasteiger partial charge in [-0.3, -0.25) is 9.59 Å². The van der Waals surface area contributed by atoms with Gasteiger partial charge in [0.1, 0.15) is 0 Å². The molecular formula is C17H29Br3N2O2. The number of amides is 1. The lowest BCUT2D eigenvalue weighted by Crippen LogP contribution is -2.31. The summed E-state index contributed by atoms with van der Waals surface area (Å²) in [7, 11) is 0. The highest BCUT2D eigenvalue weighted by atomic mass is 79.9. The maximum atomic E-state index is 11.1. The molecular weight excluding hydrogens is 504 g/mol. The number of alkyl halides is 2. The Labute approximate surface area is 172 Å². The van der Waals surface area contributed by atoms with Crippen LogP contribution in [0.1, 0.15) is 7.43 Å². The average Bonchev–Trinajstić information content (AvgIpc) is 2.55. The molecule has 0 saturated carbocycles. The number of hydrogen-bond donors (Lipinski definition) is 1. The van der Waals surface area contributed by atoms with E-state index < -0.39 is 0 Å². The quantitative estimate of drug-likeness (QED) is 0.195. The summed E-state index contributed by atoms with van der Waals surface area (Å²) in [6, 6.07) is 0. The van der Waals surface area contributed by atoms with Crippen LogP contribution in [-0.2, 0) is 9.59 Å². The van der Waals surface area contributed by atoms with Crippen molar-refractivity contribution >= 4 is 58.4 Å². The van der Waals surface area contributed by atoms with E-state index in [0.717, 1.165) is 13.1 Å². The van der Waals surface area contributed by atoms with Crippen LogP contribution in [0.15, 0.2) is 50.6 Å². The van der Waals surface area contributed by atoms with E-state index in [1.165, 1.54) is 0 Å². The number of halogens is 3. The van der Waals surface area contributed by atoms with E-state index in [1.807, 2.05) is 12.2 Å². The van der Waals surface area contributed by atoms with Gasteiger partial charge in [0.05, 0.1) is 10.7 Å². The number of nitrogens with zero attached hydrogens (tertiary/aromatic N) is 1. The Morgan fingerprint density at radius 3 is 1.46 bits per heavy atom. The molecule has 0 aromatic carbocycles. The molecule has 0 heterocycles. The van der Waals surface area contributed by atoms with Crippen LogP contribution >= 0.6 is 47.8 Å². The number of carbonyl (C=O) groups is 2. The molecule has 0 aromatic rings. The molecule has 0 aliphatic rings. The van der Waals surface area contributed by atoms with Gasteiger partial charge in [-0.25, -0.2) is 0 Å². The van der Waals surface area contributed by atoms with Crippen LogP contribution in [0.4, 0.5) is 0 Å². The highest BCUT2D eigenvalue weighted by Gasteiger charge is 2.06. The molecule has 1 N–H and O–H groups in total. The van der Waals surface area contributed by atoms with Crippen LogP contribution in [0.2, 0.25) is 0 Å². The smallest absolute Gasteiger partial charge is 0.233 e. The van der Waals surface area contributed by atoms with Gasteiger partial charge in [0.2, 0.25) is 10.6 Å². The van der Waals surface area contributed by atoms with Gasteiger partial charge >= 0.3 is 0 Å². The summed E-state index contributed by atoms with van der Waals surface area (Å²) >= 11 is 8.70. The molecule has 1 amide bonds. The van der Waals surface area contributed by atoms with Gasteiger partial charge in [-0.2, -0.15) is 0 Å². The van der Waals surface area contributed by atoms with E-state index in [4.69, 9.17) is 0 Å². The lowest BCUT2D eigenvalue weighted by Gasteiger charge is -2.17. The Morgan fingerprint density at radius 2 is 1.25 bits per heavy atom. The molecule has 0 aliphatic carbocycles. The fourth-order valence-electron chi connectivity index (χ4n) is 0.962. The van der Waals surface area contributed by atoms with Crippen molar-refractivity contribution in [2.75, 3.05) is 36.8 Å². The summed E-state index contributed by atoms with van der Waals surface area (Å²) in [5.74, 6) is 0.0600. The van der Waals surface area contributed by atoms with Crippen molar-refractivity contribution in [3.63, 3.8) is 0 Å². The van der Waals surface area contributed by atoms with E-state index in [1.54, 1.807) is 17.1 Å². The third kappa shape index (κ3) is 29.5. The molecule has 0 aliphatic heterocycles. The SMILES string of the molecule is C.C=CCN(CC=C)C(=O)CBr.C=CCNCC=C.O=C(Br)CBr. The van der Waals surface area contributed by atoms with Crippen molar-refractivity contribution in [1.82, 2.24) is 10.2 Å². The molecule has 0 bridgehead atoms. The van der Waals surface area contributed by atoms with Gasteiger partial charge in [-0.1, -0.05) is 63.6 Å². The van der Waals surface area contributed by atoms with Gasteiger partial charge in [0.15, 0.2) is 0 Å². The van der Waals surface area contributed by atoms with E-state index in [0.29, 0.717) is 23.7 Å². The van der Waals surface area contributed by atoms with Crippen molar-refractivity contribution in [2.24, 2.45) is 0 Å². The molecule has 7 heteroatoms. The molecule has 0 unspecified atom stereocenters. The molecule has 0 aromatic heterocycles. The van der Waals surface area contributed by atoms with Crippen LogP contribution in [0.3, 0.4) is 0 Å². The van der Waals surface area contributed by atoms with Gasteiger partial charge in [-0.05, 0) is 15.9 Å². The third-order valence-corrected chi connectivity index (χ3v) is 3.87. The summed E-state index contributed by atoms with van der Waals surface area (Å²) < 4.78 is -0.0162. The lowest BCUT2D eigenvalue weighted by molar-refractivity contribution is -0.127. The fourth-order valence-corrected chi connectivity index (χ4v) is 1.32. The first kappa shape index (κ1) is 31.3. The molecule has 0 radical (unpaired) electrons. The van der Waals surface area contributed by atoms with Crippen molar-refractivity contribution in [1.29, 1.82) is 0 Å². The van der Waals surface area contributed by atoms with Crippen molar-refractivity contribution in [3.8, 4) is 0 Å². The zero-order valence-electron chi connectivity index (χ0n) is 13.3. The van der Waals surface area contributed by atoms with Gasteiger partial charge in [0.25, 0.3) is 0 Å². The number of hydrogen-bond acceptors (Lipinski definition) is 3. The van der Waals surface area contributed by atoms with Crippen LogP contribution in [0, 0.1) is 0 Å². The van der Waals surface area contributed by atoms with Gasteiger partial charge < -0.3 is 10.2 Å². The summed E-state index contributed by atoms with van der Waals surface area (Å²) in [6.45, 7) is 17.1. The van der Waals surface area contributed by atoms with Crippen LogP contribution < -0.4 is 5.32 Å². The molecule has 4 nitrogen and oxygen atoms in total. The van der Waals surface area contributed by atoms with Crippen LogP contribution in [-0.4, -0.2) is 52.3 Å². The first-order valence-corrected chi connectivity index (χ1v) is 9.70. The maximum Gasteiger partial charge on any atom is 0.233 e. The van der Waals surface area contributed by atoms with E-state index in [-0.39, 0.29) is 18.0 Å². The number of rotatable bonds is 10. The first-order chi connectivity index (χ1) is 10.9. The highest BCUT2D eigenvalue weighted by molar-refractivity contribution is 9.19. The lowest BCUT2D eigenvalue weighted by atomic mass is 10.4. The second-order valence-electron chi connectivity index (χ2n) is 3.73. The summed E-state index contributed by atoms with van der Waals surface area (Å²) in [5, 5.41) is 3.80. The largest absolute Gasteiger partial charge is 0.335 e. The van der Waals surface area contributed by atoms with Crippen molar-refractivity contribution in [3.05, 3.63) is 50.6 Å². The molecule has 0 rings (SSSR count). The zero-order valence-corrected chi connectivity index (χ0v) is 18.0. The molecule has 24 heavy (non-hydrogen) atoms. The Kier molecular flexibility index (Phi) is 35.7. The van der Waals surface area contributed by atoms with Crippen LogP contribution in [0.5, 0.6) is 0 Å². The minimum Gasteiger partial charge on any atom is -0.335 e. The number of nitrogens with one attached hydrogen (secondary N) is 1. The highest BCUT2D eigenvalue weighted by Crippen LogP contribution is 1.94. The normalized spacial score (nSPS) is 7.96. The fraction of sp³-hybridized carbons (Fsp3) is 0.412. The van der Waals surface area contributed by atoms with E-state index in [2.05, 4.69) is 79.4 Å². The maximum absolute atomic E-state index is 11.1. The molecule has 140 valence electrons. The zero-order chi connectivity index (χ0) is 18.5. The Hall–Kier alpha value is -0.500. The topological polar surface area (TPSA) is 49.4 Å². The van der Waals surface area contributed by atoms with E-state index in [9.17, 15) is 9.59 Å². The third-order valence-electron chi connectivity index (χ3n) is 1.85. The molecule has 0 spiro atoms. The average molecular weight is 533 g/mol. The number of carbonyl (C=O) groups excluding carboxylic acids is 2. The predicted octanol–water partition coefficient (Wildman–Crippen LogP) is 4.47. The Morgan fingerprint density at radius 1 is 0.875 bits per heavy atom. The predicted molar refractivity (Wildman–Crippen MR) is 118 cm³/mol. The minimum atomic E-state index is -0.0162. The summed E-state index contributed by atoms with van der Waals surface area (Å²) in [4.78, 5) is 22.4. The summed E-state index contributed by atoms with van der Waals surface area (Å²) in [5.41, 5.74) is 0. The molecule has 0 saturated heterocycles. The molecule has 0 fully saturated rings. The molecule has 0 atom stereocenters. The first-order valence-electron chi connectivity index (χ1n) is 6.67. The van der Waals surface area contributed by atoms with Crippen molar-refractivity contribution in [2.45, 2.75) is 7.43 Å². The van der Waals surface area contributed by atoms with Crippen LogP contribution in [0.25, 0.3) is 0 Å². The Bertz CT molecular complexity index is 344. The van der Waals surface area contributed by atoms with Gasteiger partial charge in [0, 0.05) is 26.2 Å². The van der Waals surface area contributed by atoms with Gasteiger partial charge in [-0.15, -0.1) is 26.3 Å². The van der Waals surface area contributed by atoms with E-state index >= 15 is 0 Å². The second kappa shape index (κ2) is 27.4. The van der Waals surface area contributed by atoms with Crippen molar-refractivity contribution < 1.29 is 9.59 Å². The Balaban J connectivity index is -0.000000133. The minimum absolute atomic E-state index is 0. The second-order valence-corrected chi connectivity index (χ2v) is 5.74. The summed E-state index contributed by atoms with van der Waals surface area (Å²) in [6.07, 6.45) is 7.04.